The van der Waals surface area contributed by atoms with E-state index in [1.165, 1.54) is 0 Å². The van der Waals surface area contributed by atoms with Crippen molar-refractivity contribution >= 4 is 29.5 Å². The van der Waals surface area contributed by atoms with Crippen LogP contribution in [0.2, 0.25) is 0 Å². The van der Waals surface area contributed by atoms with E-state index in [0.29, 0.717) is 51.6 Å². The lowest BCUT2D eigenvalue weighted by Gasteiger charge is -2.36. The van der Waals surface area contributed by atoms with E-state index >= 15 is 0 Å². The van der Waals surface area contributed by atoms with Crippen LogP contribution in [0.15, 0.2) is 18.3 Å². The number of likely N-dealkylation sites (tertiary alicyclic amines) is 1. The lowest BCUT2D eigenvalue weighted by atomic mass is 9.81. The summed E-state index contributed by atoms with van der Waals surface area (Å²) in [6, 6.07) is 3.95. The van der Waals surface area contributed by atoms with E-state index < -0.39 is 5.97 Å². The van der Waals surface area contributed by atoms with E-state index in [2.05, 4.69) is 15.6 Å². The maximum absolute atomic E-state index is 12.8. The van der Waals surface area contributed by atoms with Crippen LogP contribution in [-0.4, -0.2) is 57.8 Å². The number of hydrogen-bond donors (Lipinski definition) is 3. The largest absolute Gasteiger partial charge is 0.481 e. The molecule has 2 aliphatic heterocycles. The maximum Gasteiger partial charge on any atom is 0.306 e. The molecule has 3 heterocycles. The smallest absolute Gasteiger partial charge is 0.306 e. The fourth-order valence-corrected chi connectivity index (χ4v) is 5.01. The summed E-state index contributed by atoms with van der Waals surface area (Å²) in [5.41, 5.74) is 0.804. The van der Waals surface area contributed by atoms with Crippen LogP contribution in [0.3, 0.4) is 0 Å². The summed E-state index contributed by atoms with van der Waals surface area (Å²) in [6.07, 6.45) is 6.69. The van der Waals surface area contributed by atoms with E-state index in [9.17, 15) is 19.2 Å². The molecule has 1 aromatic rings. The van der Waals surface area contributed by atoms with Gasteiger partial charge in [-0.3, -0.25) is 24.5 Å². The van der Waals surface area contributed by atoms with Gasteiger partial charge in [-0.1, -0.05) is 6.07 Å². The summed E-state index contributed by atoms with van der Waals surface area (Å²) in [6.45, 7) is 1.37. The minimum atomic E-state index is -0.749. The van der Waals surface area contributed by atoms with Crippen molar-refractivity contribution in [1.29, 1.82) is 0 Å². The summed E-state index contributed by atoms with van der Waals surface area (Å²) in [5.74, 6) is -1.03. The van der Waals surface area contributed by atoms with Gasteiger partial charge in [0.1, 0.15) is 5.82 Å². The predicted molar refractivity (Wildman–Crippen MR) is 116 cm³/mol. The molecule has 1 aromatic heterocycles. The first kappa shape index (κ1) is 22.2. The lowest BCUT2D eigenvalue weighted by molar-refractivity contribution is -0.146. The van der Waals surface area contributed by atoms with Crippen LogP contribution in [0.1, 0.15) is 62.8 Å². The van der Waals surface area contributed by atoms with E-state index in [4.69, 9.17) is 5.11 Å². The van der Waals surface area contributed by atoms with Crippen LogP contribution >= 0.6 is 0 Å². The zero-order valence-corrected chi connectivity index (χ0v) is 18.1. The van der Waals surface area contributed by atoms with Crippen molar-refractivity contribution < 1.29 is 24.3 Å². The SMILES string of the molecule is O=C1CCC(c2ccc(NC3CCN(C(=O)C4CCC(C(=O)O)CC4)CC3)nc2)C(=O)N1. The molecule has 0 radical (unpaired) electrons. The van der Waals surface area contributed by atoms with Gasteiger partial charge in [0.25, 0.3) is 0 Å². The molecular weight excluding hydrogens is 412 g/mol. The number of aliphatic carboxylic acids is 1. The number of nitrogens with one attached hydrogen (secondary N) is 2. The first-order valence-corrected chi connectivity index (χ1v) is 11.5. The Bertz CT molecular complexity index is 871. The molecule has 3 aliphatic rings. The number of rotatable bonds is 5. The van der Waals surface area contributed by atoms with Gasteiger partial charge in [0.15, 0.2) is 0 Å². The number of piperidine rings is 2. The van der Waals surface area contributed by atoms with Gasteiger partial charge in [0.05, 0.1) is 11.8 Å². The molecule has 2 saturated heterocycles. The highest BCUT2D eigenvalue weighted by molar-refractivity contribution is 6.00. The van der Waals surface area contributed by atoms with E-state index in [-0.39, 0.29) is 41.5 Å². The van der Waals surface area contributed by atoms with Crippen molar-refractivity contribution in [2.75, 3.05) is 18.4 Å². The molecule has 32 heavy (non-hydrogen) atoms. The third kappa shape index (κ3) is 5.08. The number of carboxylic acid groups (broad SMARTS) is 1. The van der Waals surface area contributed by atoms with E-state index in [1.807, 2.05) is 17.0 Å². The van der Waals surface area contributed by atoms with Crippen molar-refractivity contribution in [3.05, 3.63) is 23.9 Å². The van der Waals surface area contributed by atoms with Gasteiger partial charge in [-0.25, -0.2) is 4.98 Å². The van der Waals surface area contributed by atoms with Crippen molar-refractivity contribution in [3.63, 3.8) is 0 Å². The second-order valence-electron chi connectivity index (χ2n) is 9.11. The number of imide groups is 1. The Morgan fingerprint density at radius 1 is 1.00 bits per heavy atom. The molecule has 9 heteroatoms. The zero-order valence-electron chi connectivity index (χ0n) is 18.1. The van der Waals surface area contributed by atoms with Gasteiger partial charge >= 0.3 is 5.97 Å². The fourth-order valence-electron chi connectivity index (χ4n) is 5.01. The second kappa shape index (κ2) is 9.67. The number of pyridine rings is 1. The highest BCUT2D eigenvalue weighted by atomic mass is 16.4. The third-order valence-electron chi connectivity index (χ3n) is 7.01. The summed E-state index contributed by atoms with van der Waals surface area (Å²) < 4.78 is 0. The summed E-state index contributed by atoms with van der Waals surface area (Å²) in [5, 5.41) is 14.9. The molecule has 0 spiro atoms. The Morgan fingerprint density at radius 3 is 2.28 bits per heavy atom. The highest BCUT2D eigenvalue weighted by Crippen LogP contribution is 2.31. The first-order chi connectivity index (χ1) is 15.4. The minimum Gasteiger partial charge on any atom is -0.481 e. The molecule has 9 nitrogen and oxygen atoms in total. The molecule has 3 N–H and O–H groups in total. The number of carboxylic acids is 1. The Balaban J connectivity index is 1.24. The fraction of sp³-hybridized carbons (Fsp3) is 0.609. The number of hydrogen-bond acceptors (Lipinski definition) is 6. The lowest BCUT2D eigenvalue weighted by Crippen LogP contribution is -2.45. The zero-order chi connectivity index (χ0) is 22.7. The van der Waals surface area contributed by atoms with Crippen molar-refractivity contribution in [3.8, 4) is 0 Å². The molecule has 1 atom stereocenters. The van der Waals surface area contributed by atoms with Crippen LogP contribution in [0.5, 0.6) is 0 Å². The topological polar surface area (TPSA) is 129 Å². The molecule has 0 aromatic carbocycles. The molecule has 3 amide bonds. The average Bonchev–Trinajstić information content (AvgIpc) is 2.80. The van der Waals surface area contributed by atoms with Gasteiger partial charge in [0, 0.05) is 37.7 Å². The molecule has 172 valence electrons. The predicted octanol–water partition coefficient (Wildman–Crippen LogP) is 1.90. The van der Waals surface area contributed by atoms with Gasteiger partial charge < -0.3 is 15.3 Å². The summed E-state index contributed by atoms with van der Waals surface area (Å²) in [7, 11) is 0. The Morgan fingerprint density at radius 2 is 1.69 bits per heavy atom. The second-order valence-corrected chi connectivity index (χ2v) is 9.11. The number of anilines is 1. The molecule has 0 bridgehead atoms. The van der Waals surface area contributed by atoms with Crippen molar-refractivity contribution in [2.45, 2.75) is 63.3 Å². The quantitative estimate of drug-likeness (QED) is 0.594. The standard InChI is InChI=1S/C23H30N4O5/c28-20-8-6-18(21(29)26-20)16-5-7-19(24-13-16)25-17-9-11-27(12-10-17)22(30)14-1-3-15(4-2-14)23(31)32/h5,7,13-15,17-18H,1-4,6,8-12H2,(H,24,25)(H,31,32)(H,26,28,29). The van der Waals surface area contributed by atoms with E-state index in [0.717, 1.165) is 24.2 Å². The van der Waals surface area contributed by atoms with Gasteiger partial charge in [-0.05, 0) is 56.6 Å². The maximum atomic E-state index is 12.8. The molecule has 3 fully saturated rings. The first-order valence-electron chi connectivity index (χ1n) is 11.5. The molecule has 4 rings (SSSR count). The van der Waals surface area contributed by atoms with Crippen LogP contribution in [0.4, 0.5) is 5.82 Å². The van der Waals surface area contributed by atoms with Gasteiger partial charge in [0.2, 0.25) is 17.7 Å². The van der Waals surface area contributed by atoms with Crippen LogP contribution in [0, 0.1) is 11.8 Å². The van der Waals surface area contributed by atoms with E-state index in [1.54, 1.807) is 6.20 Å². The Hall–Kier alpha value is -2.97. The average molecular weight is 443 g/mol. The number of carbonyl (C=O) groups excluding carboxylic acids is 3. The van der Waals surface area contributed by atoms with Crippen LogP contribution in [-0.2, 0) is 19.2 Å². The van der Waals surface area contributed by atoms with Gasteiger partial charge in [-0.15, -0.1) is 0 Å². The van der Waals surface area contributed by atoms with Crippen molar-refractivity contribution in [2.24, 2.45) is 11.8 Å². The van der Waals surface area contributed by atoms with Crippen molar-refractivity contribution in [1.82, 2.24) is 15.2 Å². The molecule has 1 saturated carbocycles. The Labute approximate surface area is 187 Å². The monoisotopic (exact) mass is 442 g/mol. The number of aromatic nitrogens is 1. The Kier molecular flexibility index (Phi) is 6.72. The highest BCUT2D eigenvalue weighted by Gasteiger charge is 2.33. The normalized spacial score (nSPS) is 27.0. The summed E-state index contributed by atoms with van der Waals surface area (Å²) in [4.78, 5) is 53.6. The molecule has 1 aliphatic carbocycles. The number of carbonyl (C=O) groups is 4. The van der Waals surface area contributed by atoms with Crippen LogP contribution in [0.25, 0.3) is 0 Å². The van der Waals surface area contributed by atoms with Crippen LogP contribution < -0.4 is 10.6 Å². The summed E-state index contributed by atoms with van der Waals surface area (Å²) >= 11 is 0. The van der Waals surface area contributed by atoms with Gasteiger partial charge in [-0.2, -0.15) is 0 Å². The third-order valence-corrected chi connectivity index (χ3v) is 7.01. The number of amides is 3. The molecule has 1 unspecified atom stereocenters. The number of nitrogens with zero attached hydrogens (tertiary/aromatic N) is 2. The molecular formula is C23H30N4O5. The minimum absolute atomic E-state index is 0.0448.